The molecule has 3 rings (SSSR count). The molecule has 0 heterocycles. The van der Waals surface area contributed by atoms with E-state index in [1.807, 2.05) is 19.1 Å². The number of carbonyl (C=O) groups is 2. The molecule has 0 aromatic carbocycles. The van der Waals surface area contributed by atoms with E-state index in [0.717, 1.165) is 18.4 Å². The third-order valence-electron chi connectivity index (χ3n) is 4.32. The number of carbonyl (C=O) groups excluding carboxylic acids is 2. The standard InChI is InChI=1S/C15H16O2/c1-9-5-6-11-8-7-10-3-2-4-12(16)13(10)14(11)15(9)17/h2,4-5,7-8,10-11,13-14H,3,6H2,1H3/t10-,11-,13-,14+/m0/s1. The van der Waals surface area contributed by atoms with Crippen molar-refractivity contribution in [2.24, 2.45) is 23.7 Å². The number of rotatable bonds is 0. The molecule has 4 atom stereocenters. The quantitative estimate of drug-likeness (QED) is 0.597. The van der Waals surface area contributed by atoms with Crippen LogP contribution in [0.3, 0.4) is 0 Å². The van der Waals surface area contributed by atoms with Gasteiger partial charge in [-0.1, -0.05) is 24.3 Å². The summed E-state index contributed by atoms with van der Waals surface area (Å²) in [4.78, 5) is 24.3. The minimum Gasteiger partial charge on any atom is -0.295 e. The Bertz CT molecular complexity index is 467. The molecule has 0 aromatic heterocycles. The largest absolute Gasteiger partial charge is 0.295 e. The molecule has 17 heavy (non-hydrogen) atoms. The number of ketones is 2. The molecule has 2 heteroatoms. The minimum absolute atomic E-state index is 0.104. The van der Waals surface area contributed by atoms with Gasteiger partial charge in [-0.05, 0) is 43.3 Å². The van der Waals surface area contributed by atoms with E-state index in [2.05, 4.69) is 12.2 Å². The van der Waals surface area contributed by atoms with Crippen molar-refractivity contribution in [1.82, 2.24) is 0 Å². The van der Waals surface area contributed by atoms with Gasteiger partial charge in [-0.3, -0.25) is 9.59 Å². The van der Waals surface area contributed by atoms with Gasteiger partial charge in [-0.15, -0.1) is 0 Å². The van der Waals surface area contributed by atoms with Crippen LogP contribution in [-0.4, -0.2) is 11.6 Å². The van der Waals surface area contributed by atoms with E-state index in [-0.39, 0.29) is 35.2 Å². The maximum absolute atomic E-state index is 12.3. The molecule has 0 amide bonds. The zero-order chi connectivity index (χ0) is 12.0. The lowest BCUT2D eigenvalue weighted by molar-refractivity contribution is -0.132. The van der Waals surface area contributed by atoms with Crippen molar-refractivity contribution < 1.29 is 9.59 Å². The predicted octanol–water partition coefficient (Wildman–Crippen LogP) is 2.47. The van der Waals surface area contributed by atoms with Gasteiger partial charge in [0.2, 0.25) is 0 Å². The summed E-state index contributed by atoms with van der Waals surface area (Å²) in [5, 5.41) is 0. The summed E-state index contributed by atoms with van der Waals surface area (Å²) in [5.41, 5.74) is 0.836. The highest BCUT2D eigenvalue weighted by molar-refractivity contribution is 6.03. The second kappa shape index (κ2) is 3.80. The minimum atomic E-state index is -0.105. The van der Waals surface area contributed by atoms with E-state index < -0.39 is 0 Å². The first-order valence-corrected chi connectivity index (χ1v) is 6.28. The van der Waals surface area contributed by atoms with Gasteiger partial charge >= 0.3 is 0 Å². The zero-order valence-electron chi connectivity index (χ0n) is 9.93. The fourth-order valence-electron chi connectivity index (χ4n) is 3.38. The summed E-state index contributed by atoms with van der Waals surface area (Å²) in [7, 11) is 0. The number of Topliss-reactive ketones (excluding diaryl/α,β-unsaturated/α-hetero) is 1. The van der Waals surface area contributed by atoms with Gasteiger partial charge in [-0.2, -0.15) is 0 Å². The third-order valence-corrected chi connectivity index (χ3v) is 4.32. The second-order valence-corrected chi connectivity index (χ2v) is 5.29. The van der Waals surface area contributed by atoms with Crippen molar-refractivity contribution in [3.05, 3.63) is 36.0 Å². The van der Waals surface area contributed by atoms with E-state index in [1.165, 1.54) is 0 Å². The van der Waals surface area contributed by atoms with Crippen molar-refractivity contribution >= 4 is 11.6 Å². The summed E-state index contributed by atoms with van der Waals surface area (Å²) < 4.78 is 0. The number of hydrogen-bond donors (Lipinski definition) is 0. The second-order valence-electron chi connectivity index (χ2n) is 5.29. The molecule has 0 spiro atoms. The van der Waals surface area contributed by atoms with Crippen LogP contribution in [0.5, 0.6) is 0 Å². The molecule has 2 nitrogen and oxygen atoms in total. The lowest BCUT2D eigenvalue weighted by Gasteiger charge is -2.40. The van der Waals surface area contributed by atoms with Gasteiger partial charge in [0.05, 0.1) is 0 Å². The summed E-state index contributed by atoms with van der Waals surface area (Å²) in [6, 6.07) is 0. The van der Waals surface area contributed by atoms with Crippen molar-refractivity contribution in [2.45, 2.75) is 19.8 Å². The Balaban J connectivity index is 2.03. The third kappa shape index (κ3) is 1.54. The Kier molecular flexibility index (Phi) is 2.39. The molecule has 3 aliphatic carbocycles. The Labute approximate surface area is 101 Å². The molecule has 88 valence electrons. The number of hydrogen-bond acceptors (Lipinski definition) is 2. The Morgan fingerprint density at radius 1 is 1.06 bits per heavy atom. The van der Waals surface area contributed by atoms with Gasteiger partial charge < -0.3 is 0 Å². The lowest BCUT2D eigenvalue weighted by atomic mass is 9.61. The van der Waals surface area contributed by atoms with Crippen LogP contribution in [0.4, 0.5) is 0 Å². The van der Waals surface area contributed by atoms with Crippen LogP contribution in [0.2, 0.25) is 0 Å². The topological polar surface area (TPSA) is 34.1 Å². The molecule has 0 saturated heterocycles. The molecule has 0 N–H and O–H groups in total. The van der Waals surface area contributed by atoms with E-state index >= 15 is 0 Å². The van der Waals surface area contributed by atoms with Crippen LogP contribution >= 0.6 is 0 Å². The Morgan fingerprint density at radius 3 is 2.53 bits per heavy atom. The lowest BCUT2D eigenvalue weighted by Crippen LogP contribution is -2.43. The van der Waals surface area contributed by atoms with Crippen LogP contribution in [0.1, 0.15) is 19.8 Å². The molecule has 0 bridgehead atoms. The van der Waals surface area contributed by atoms with Crippen LogP contribution in [-0.2, 0) is 9.59 Å². The first-order valence-electron chi connectivity index (χ1n) is 6.28. The smallest absolute Gasteiger partial charge is 0.162 e. The number of allylic oxidation sites excluding steroid dienone is 6. The van der Waals surface area contributed by atoms with Crippen LogP contribution < -0.4 is 0 Å². The van der Waals surface area contributed by atoms with E-state index in [0.29, 0.717) is 0 Å². The number of fused-ring (bicyclic) bond motifs is 3. The monoisotopic (exact) mass is 228 g/mol. The maximum Gasteiger partial charge on any atom is 0.162 e. The Hall–Kier alpha value is -1.44. The van der Waals surface area contributed by atoms with Crippen LogP contribution in [0.15, 0.2) is 36.0 Å². The zero-order valence-corrected chi connectivity index (χ0v) is 9.93. The summed E-state index contributed by atoms with van der Waals surface area (Å²) >= 11 is 0. The maximum atomic E-state index is 12.3. The summed E-state index contributed by atoms with van der Waals surface area (Å²) in [6.45, 7) is 1.87. The van der Waals surface area contributed by atoms with E-state index in [1.54, 1.807) is 6.08 Å². The molecule has 0 aliphatic heterocycles. The fourth-order valence-corrected chi connectivity index (χ4v) is 3.38. The van der Waals surface area contributed by atoms with Gasteiger partial charge in [0, 0.05) is 11.8 Å². The molecular formula is C15H16O2. The highest BCUT2D eigenvalue weighted by Gasteiger charge is 2.45. The predicted molar refractivity (Wildman–Crippen MR) is 65.2 cm³/mol. The van der Waals surface area contributed by atoms with Crippen molar-refractivity contribution in [3.63, 3.8) is 0 Å². The summed E-state index contributed by atoms with van der Waals surface area (Å²) in [5.74, 6) is 0.595. The van der Waals surface area contributed by atoms with Gasteiger partial charge in [0.1, 0.15) is 0 Å². The molecular weight excluding hydrogens is 212 g/mol. The highest BCUT2D eigenvalue weighted by atomic mass is 16.1. The van der Waals surface area contributed by atoms with Crippen molar-refractivity contribution in [3.8, 4) is 0 Å². The molecule has 3 aliphatic rings. The molecule has 0 aromatic rings. The van der Waals surface area contributed by atoms with Crippen molar-refractivity contribution in [2.75, 3.05) is 0 Å². The van der Waals surface area contributed by atoms with Crippen LogP contribution in [0.25, 0.3) is 0 Å². The molecule has 0 radical (unpaired) electrons. The van der Waals surface area contributed by atoms with Crippen LogP contribution in [0, 0.1) is 23.7 Å². The highest BCUT2D eigenvalue weighted by Crippen LogP contribution is 2.43. The molecule has 0 unspecified atom stereocenters. The first-order chi connectivity index (χ1) is 8.18. The van der Waals surface area contributed by atoms with Gasteiger partial charge in [-0.25, -0.2) is 0 Å². The first kappa shape index (κ1) is 10.7. The fraction of sp³-hybridized carbons (Fsp3) is 0.467. The average Bonchev–Trinajstić information content (AvgIpc) is 2.34. The van der Waals surface area contributed by atoms with Gasteiger partial charge in [0.25, 0.3) is 0 Å². The molecule has 0 saturated carbocycles. The van der Waals surface area contributed by atoms with Gasteiger partial charge in [0.15, 0.2) is 11.6 Å². The average molecular weight is 228 g/mol. The normalized spacial score (nSPS) is 39.7. The van der Waals surface area contributed by atoms with Crippen molar-refractivity contribution in [1.29, 1.82) is 0 Å². The SMILES string of the molecule is CC1=CC[C@H]2C=C[C@@H]3CC=CC(=O)[C@H]3[C@@H]2C1=O. The molecule has 0 fully saturated rings. The van der Waals surface area contributed by atoms with E-state index in [4.69, 9.17) is 0 Å². The Morgan fingerprint density at radius 2 is 1.76 bits per heavy atom. The van der Waals surface area contributed by atoms with E-state index in [9.17, 15) is 9.59 Å². The summed E-state index contributed by atoms with van der Waals surface area (Å²) in [6.07, 6.45) is 11.7.